The highest BCUT2D eigenvalue weighted by Gasteiger charge is 2.16. The third kappa shape index (κ3) is 31.2. The van der Waals surface area contributed by atoms with Crippen LogP contribution in [0.5, 0.6) is 0 Å². The first-order valence-electron chi connectivity index (χ1n) is 17.4. The van der Waals surface area contributed by atoms with Crippen LogP contribution >= 0.6 is 0 Å². The van der Waals surface area contributed by atoms with E-state index in [1.54, 1.807) is 0 Å². The van der Waals surface area contributed by atoms with E-state index in [1.807, 2.05) is 0 Å². The van der Waals surface area contributed by atoms with Gasteiger partial charge in [0.25, 0.3) is 0 Å². The number of rotatable bonds is 31. The summed E-state index contributed by atoms with van der Waals surface area (Å²) in [6.45, 7) is 4.08. The second-order valence-electron chi connectivity index (χ2n) is 11.6. The number of unbranched alkanes of at least 4 members (excludes halogenated alkanes) is 19. The van der Waals surface area contributed by atoms with Gasteiger partial charge in [-0.15, -0.1) is 0 Å². The molecule has 1 N–H and O–H groups in total. The number of aliphatic hydroxyl groups excluding tert-OH is 1. The summed E-state index contributed by atoms with van der Waals surface area (Å²) in [7, 11) is 0. The molecule has 1 atom stereocenters. The number of allylic oxidation sites excluding steroid dienone is 4. The smallest absolute Gasteiger partial charge is 0.306 e. The van der Waals surface area contributed by atoms with E-state index in [4.69, 9.17) is 9.47 Å². The fraction of sp³-hybridized carbons (Fsp3) is 0.833. The van der Waals surface area contributed by atoms with Gasteiger partial charge in [0.15, 0.2) is 6.10 Å². The highest BCUT2D eigenvalue weighted by molar-refractivity contribution is 5.70. The Morgan fingerprint density at radius 1 is 0.561 bits per heavy atom. The Kier molecular flexibility index (Phi) is 31.6. The predicted molar refractivity (Wildman–Crippen MR) is 173 cm³/mol. The van der Waals surface area contributed by atoms with E-state index in [0.717, 1.165) is 51.4 Å². The Labute approximate surface area is 253 Å². The third-order valence-electron chi connectivity index (χ3n) is 7.50. The van der Waals surface area contributed by atoms with E-state index in [1.165, 1.54) is 96.3 Å². The minimum Gasteiger partial charge on any atom is -0.462 e. The lowest BCUT2D eigenvalue weighted by molar-refractivity contribution is -0.161. The number of hydrogen-bond acceptors (Lipinski definition) is 5. The van der Waals surface area contributed by atoms with E-state index in [2.05, 4.69) is 38.2 Å². The molecule has 5 nitrogen and oxygen atoms in total. The molecule has 0 aliphatic rings. The molecular weight excluding hydrogens is 512 g/mol. The van der Waals surface area contributed by atoms with E-state index in [0.29, 0.717) is 12.8 Å². The van der Waals surface area contributed by atoms with Gasteiger partial charge in [-0.3, -0.25) is 9.59 Å². The molecule has 0 radical (unpaired) electrons. The van der Waals surface area contributed by atoms with Crippen LogP contribution in [0.3, 0.4) is 0 Å². The van der Waals surface area contributed by atoms with Gasteiger partial charge in [0.1, 0.15) is 6.61 Å². The standard InChI is InChI=1S/C36H66O5/c1-3-5-7-9-11-13-15-17-18-19-21-22-24-26-28-30-35(38)40-33-34(32-37)41-36(39)31-29-27-25-23-20-16-14-12-10-8-6-4-2/h11,13,17-18,34,37H,3-10,12,14-16,19-33H2,1-2H3. The molecule has 1 unspecified atom stereocenters. The van der Waals surface area contributed by atoms with Crippen LogP contribution in [-0.4, -0.2) is 36.4 Å². The molecular formula is C36H66O5. The lowest BCUT2D eigenvalue weighted by atomic mass is 10.0. The zero-order valence-electron chi connectivity index (χ0n) is 27.1. The molecule has 0 rings (SSSR count). The first kappa shape index (κ1) is 39.4. The van der Waals surface area contributed by atoms with Crippen molar-refractivity contribution in [2.24, 2.45) is 0 Å². The second-order valence-corrected chi connectivity index (χ2v) is 11.6. The molecule has 0 saturated carbocycles. The molecule has 0 aromatic rings. The van der Waals surface area contributed by atoms with Crippen LogP contribution in [0.2, 0.25) is 0 Å². The normalized spacial score (nSPS) is 12.4. The second kappa shape index (κ2) is 32.9. The number of esters is 2. The minimum absolute atomic E-state index is 0.0697. The van der Waals surface area contributed by atoms with E-state index < -0.39 is 6.10 Å². The molecule has 0 amide bonds. The van der Waals surface area contributed by atoms with Crippen molar-refractivity contribution < 1.29 is 24.2 Å². The summed E-state index contributed by atoms with van der Waals surface area (Å²) in [5.41, 5.74) is 0. The Morgan fingerprint density at radius 3 is 1.49 bits per heavy atom. The summed E-state index contributed by atoms with van der Waals surface area (Å²) >= 11 is 0. The first-order valence-corrected chi connectivity index (χ1v) is 17.4. The summed E-state index contributed by atoms with van der Waals surface area (Å²) in [5.74, 6) is -0.605. The van der Waals surface area contributed by atoms with Crippen LogP contribution in [0.15, 0.2) is 24.3 Å². The molecule has 0 aromatic carbocycles. The number of ether oxygens (including phenoxy) is 2. The van der Waals surface area contributed by atoms with Gasteiger partial charge >= 0.3 is 11.9 Å². The van der Waals surface area contributed by atoms with Gasteiger partial charge in [0.05, 0.1) is 6.61 Å². The molecule has 0 fully saturated rings. The zero-order chi connectivity index (χ0) is 30.1. The fourth-order valence-electron chi connectivity index (χ4n) is 4.82. The average Bonchev–Trinajstić information content (AvgIpc) is 2.97. The zero-order valence-corrected chi connectivity index (χ0v) is 27.1. The van der Waals surface area contributed by atoms with Crippen LogP contribution in [0.4, 0.5) is 0 Å². The molecule has 240 valence electrons. The molecule has 0 saturated heterocycles. The largest absolute Gasteiger partial charge is 0.462 e. The monoisotopic (exact) mass is 578 g/mol. The summed E-state index contributed by atoms with van der Waals surface area (Å²) in [6, 6.07) is 0. The van der Waals surface area contributed by atoms with E-state index in [9.17, 15) is 14.7 Å². The van der Waals surface area contributed by atoms with Gasteiger partial charge in [-0.1, -0.05) is 141 Å². The van der Waals surface area contributed by atoms with Crippen molar-refractivity contribution in [1.82, 2.24) is 0 Å². The van der Waals surface area contributed by atoms with Crippen molar-refractivity contribution >= 4 is 11.9 Å². The first-order chi connectivity index (χ1) is 20.1. The number of hydrogen-bond donors (Lipinski definition) is 1. The summed E-state index contributed by atoms with van der Waals surface area (Å²) in [5, 5.41) is 9.50. The molecule has 0 spiro atoms. The van der Waals surface area contributed by atoms with Crippen molar-refractivity contribution in [2.45, 2.75) is 180 Å². The predicted octanol–water partition coefficient (Wildman–Crippen LogP) is 10.3. The average molecular weight is 579 g/mol. The van der Waals surface area contributed by atoms with Crippen LogP contribution in [0, 0.1) is 0 Å². The molecule has 0 heterocycles. The Bertz CT molecular complexity index is 627. The number of carbonyl (C=O) groups is 2. The van der Waals surface area contributed by atoms with Crippen molar-refractivity contribution in [2.75, 3.05) is 13.2 Å². The van der Waals surface area contributed by atoms with Gasteiger partial charge < -0.3 is 14.6 Å². The molecule has 41 heavy (non-hydrogen) atoms. The molecule has 0 bridgehead atoms. The van der Waals surface area contributed by atoms with Crippen LogP contribution < -0.4 is 0 Å². The van der Waals surface area contributed by atoms with Gasteiger partial charge in [-0.25, -0.2) is 0 Å². The molecule has 0 aromatic heterocycles. The highest BCUT2D eigenvalue weighted by Crippen LogP contribution is 2.13. The molecule has 5 heteroatoms. The molecule has 0 aliphatic heterocycles. The maximum atomic E-state index is 12.1. The quantitative estimate of drug-likeness (QED) is 0.0503. The number of aliphatic hydroxyl groups is 1. The topological polar surface area (TPSA) is 72.8 Å². The van der Waals surface area contributed by atoms with Gasteiger partial charge in [0, 0.05) is 12.8 Å². The lowest BCUT2D eigenvalue weighted by Gasteiger charge is -2.15. The molecule has 0 aliphatic carbocycles. The Morgan fingerprint density at radius 2 is 0.976 bits per heavy atom. The SMILES string of the molecule is CCCCCC=CCC=CCCCCCCCC(=O)OCC(CO)OC(=O)CCCCCCCCCCCCCC. The van der Waals surface area contributed by atoms with Crippen molar-refractivity contribution in [3.05, 3.63) is 24.3 Å². The van der Waals surface area contributed by atoms with Crippen molar-refractivity contribution in [3.8, 4) is 0 Å². The number of carbonyl (C=O) groups excluding carboxylic acids is 2. The lowest BCUT2D eigenvalue weighted by Crippen LogP contribution is -2.28. The highest BCUT2D eigenvalue weighted by atomic mass is 16.6. The summed E-state index contributed by atoms with van der Waals surface area (Å²) < 4.78 is 10.5. The fourth-order valence-corrected chi connectivity index (χ4v) is 4.82. The summed E-state index contributed by atoms with van der Waals surface area (Å²) in [6.07, 6.45) is 36.5. The Balaban J connectivity index is 3.59. The maximum Gasteiger partial charge on any atom is 0.306 e. The van der Waals surface area contributed by atoms with Gasteiger partial charge in [-0.05, 0) is 44.9 Å². The van der Waals surface area contributed by atoms with E-state index in [-0.39, 0.29) is 25.2 Å². The van der Waals surface area contributed by atoms with Crippen LogP contribution in [-0.2, 0) is 19.1 Å². The Hall–Kier alpha value is -1.62. The van der Waals surface area contributed by atoms with Crippen molar-refractivity contribution in [1.29, 1.82) is 0 Å². The van der Waals surface area contributed by atoms with Gasteiger partial charge in [-0.2, -0.15) is 0 Å². The minimum atomic E-state index is -0.770. The van der Waals surface area contributed by atoms with Crippen LogP contribution in [0.25, 0.3) is 0 Å². The van der Waals surface area contributed by atoms with Crippen molar-refractivity contribution in [3.63, 3.8) is 0 Å². The van der Waals surface area contributed by atoms with Crippen LogP contribution in [0.1, 0.15) is 174 Å². The van der Waals surface area contributed by atoms with E-state index >= 15 is 0 Å². The summed E-state index contributed by atoms with van der Waals surface area (Å²) in [4.78, 5) is 24.1. The maximum absolute atomic E-state index is 12.1. The third-order valence-corrected chi connectivity index (χ3v) is 7.50. The van der Waals surface area contributed by atoms with Gasteiger partial charge in [0.2, 0.25) is 0 Å².